The van der Waals surface area contributed by atoms with Crippen molar-refractivity contribution in [1.82, 2.24) is 5.32 Å². The van der Waals surface area contributed by atoms with E-state index < -0.39 is 0 Å². The Bertz CT molecular complexity index is 390. The summed E-state index contributed by atoms with van der Waals surface area (Å²) in [5, 5.41) is 3.53. The third kappa shape index (κ3) is 5.92. The normalized spacial score (nSPS) is 11.8. The molecule has 0 bridgehead atoms. The van der Waals surface area contributed by atoms with Crippen LogP contribution in [0.2, 0.25) is 5.02 Å². The highest BCUT2D eigenvalue weighted by Crippen LogP contribution is 2.23. The van der Waals surface area contributed by atoms with Crippen molar-refractivity contribution in [2.45, 2.75) is 53.0 Å². The fourth-order valence-corrected chi connectivity index (χ4v) is 2.36. The zero-order valence-corrected chi connectivity index (χ0v) is 13.0. The average molecular weight is 286 g/mol. The van der Waals surface area contributed by atoms with E-state index in [2.05, 4.69) is 26.1 Å². The molecule has 3 heteroatoms. The number of benzene rings is 1. The van der Waals surface area contributed by atoms with E-state index >= 15 is 0 Å². The fourth-order valence-electron chi connectivity index (χ4n) is 2.16. The molecular weight excluding hydrogens is 261 g/mol. The third-order valence-corrected chi connectivity index (χ3v) is 3.70. The zero-order chi connectivity index (χ0) is 14.3. The first-order valence-electron chi connectivity index (χ1n) is 7.10. The van der Waals surface area contributed by atoms with Gasteiger partial charge in [0, 0.05) is 18.7 Å². The van der Waals surface area contributed by atoms with Gasteiger partial charge in [0.2, 0.25) is 0 Å². The van der Waals surface area contributed by atoms with E-state index in [-0.39, 0.29) is 16.3 Å². The molecule has 1 nitrogen and oxygen atoms in total. The Morgan fingerprint density at radius 2 is 2.00 bits per heavy atom. The van der Waals surface area contributed by atoms with Gasteiger partial charge >= 0.3 is 0 Å². The largest absolute Gasteiger partial charge is 0.312 e. The van der Waals surface area contributed by atoms with Crippen molar-refractivity contribution in [3.8, 4) is 0 Å². The summed E-state index contributed by atoms with van der Waals surface area (Å²) < 4.78 is 13.7. The molecule has 108 valence electrons. The Balaban J connectivity index is 2.38. The van der Waals surface area contributed by atoms with Gasteiger partial charge in [-0.3, -0.25) is 0 Å². The van der Waals surface area contributed by atoms with Gasteiger partial charge in [-0.1, -0.05) is 63.8 Å². The topological polar surface area (TPSA) is 12.0 Å². The van der Waals surface area contributed by atoms with Gasteiger partial charge in [-0.15, -0.1) is 0 Å². The van der Waals surface area contributed by atoms with Gasteiger partial charge in [0.25, 0.3) is 0 Å². The van der Waals surface area contributed by atoms with Crippen LogP contribution in [0.1, 0.15) is 52.0 Å². The van der Waals surface area contributed by atoms with Crippen molar-refractivity contribution < 1.29 is 4.39 Å². The van der Waals surface area contributed by atoms with E-state index in [0.717, 1.165) is 6.54 Å². The Morgan fingerprint density at radius 3 is 2.68 bits per heavy atom. The quantitative estimate of drug-likeness (QED) is 0.649. The van der Waals surface area contributed by atoms with Crippen LogP contribution in [-0.4, -0.2) is 6.54 Å². The maximum Gasteiger partial charge on any atom is 0.146 e. The van der Waals surface area contributed by atoms with Gasteiger partial charge in [-0.2, -0.15) is 0 Å². The lowest BCUT2D eigenvalue weighted by atomic mass is 9.87. The van der Waals surface area contributed by atoms with Crippen LogP contribution in [0.3, 0.4) is 0 Å². The zero-order valence-electron chi connectivity index (χ0n) is 12.2. The van der Waals surface area contributed by atoms with Crippen molar-refractivity contribution in [3.63, 3.8) is 0 Å². The van der Waals surface area contributed by atoms with Crippen LogP contribution < -0.4 is 5.32 Å². The highest BCUT2D eigenvalue weighted by Gasteiger charge is 2.17. The minimum Gasteiger partial charge on any atom is -0.312 e. The van der Waals surface area contributed by atoms with Gasteiger partial charge in [0.05, 0.1) is 5.02 Å². The number of hydrogen-bond acceptors (Lipinski definition) is 1. The van der Waals surface area contributed by atoms with Crippen molar-refractivity contribution >= 4 is 11.6 Å². The summed E-state index contributed by atoms with van der Waals surface area (Å²) in [6.07, 6.45) is 4.99. The second-order valence-electron chi connectivity index (χ2n) is 5.94. The lowest BCUT2D eigenvalue weighted by molar-refractivity contribution is 0.301. The van der Waals surface area contributed by atoms with Crippen LogP contribution in [0.5, 0.6) is 0 Å². The van der Waals surface area contributed by atoms with Crippen molar-refractivity contribution in [1.29, 1.82) is 0 Å². The molecular formula is C16H25ClFN. The van der Waals surface area contributed by atoms with Gasteiger partial charge in [-0.25, -0.2) is 4.39 Å². The second-order valence-corrected chi connectivity index (χ2v) is 6.35. The van der Waals surface area contributed by atoms with Crippen LogP contribution in [0.4, 0.5) is 4.39 Å². The van der Waals surface area contributed by atoms with E-state index in [9.17, 15) is 4.39 Å². The molecule has 0 saturated carbocycles. The van der Waals surface area contributed by atoms with Crippen molar-refractivity contribution in [3.05, 3.63) is 34.6 Å². The van der Waals surface area contributed by atoms with Gasteiger partial charge in [0.15, 0.2) is 0 Å². The molecule has 1 aromatic rings. The predicted octanol–water partition coefficient (Wildman–Crippen LogP) is 5.18. The Hall–Kier alpha value is -0.600. The standard InChI is InChI=1S/C16H25ClFN/c1-4-5-6-10-16(2,3)12-19-11-13-8-7-9-14(17)15(13)18/h7-9,19H,4-6,10-12H2,1-3H3. The molecule has 0 aliphatic carbocycles. The lowest BCUT2D eigenvalue weighted by Gasteiger charge is -2.25. The smallest absolute Gasteiger partial charge is 0.146 e. The van der Waals surface area contributed by atoms with Crippen LogP contribution in [0, 0.1) is 11.2 Å². The molecule has 0 heterocycles. The lowest BCUT2D eigenvalue weighted by Crippen LogP contribution is -2.29. The molecule has 0 atom stereocenters. The molecule has 1 N–H and O–H groups in total. The summed E-state index contributed by atoms with van der Waals surface area (Å²) >= 11 is 5.76. The molecule has 0 aliphatic heterocycles. The number of hydrogen-bond donors (Lipinski definition) is 1. The predicted molar refractivity (Wildman–Crippen MR) is 81.0 cm³/mol. The van der Waals surface area contributed by atoms with Crippen LogP contribution >= 0.6 is 11.6 Å². The molecule has 0 saturated heterocycles. The molecule has 0 aliphatic rings. The summed E-state index contributed by atoms with van der Waals surface area (Å²) in [6, 6.07) is 5.14. The van der Waals surface area contributed by atoms with Crippen LogP contribution in [-0.2, 0) is 6.54 Å². The summed E-state index contributed by atoms with van der Waals surface area (Å²) in [5.74, 6) is -0.305. The number of nitrogens with one attached hydrogen (secondary N) is 1. The summed E-state index contributed by atoms with van der Waals surface area (Å²) in [6.45, 7) is 8.15. The number of unbranched alkanes of at least 4 members (excludes halogenated alkanes) is 2. The van der Waals surface area contributed by atoms with Crippen molar-refractivity contribution in [2.75, 3.05) is 6.54 Å². The van der Waals surface area contributed by atoms with Gasteiger partial charge in [0.1, 0.15) is 5.82 Å². The highest BCUT2D eigenvalue weighted by molar-refractivity contribution is 6.30. The summed E-state index contributed by atoms with van der Waals surface area (Å²) in [5.41, 5.74) is 0.890. The second kappa shape index (κ2) is 7.86. The fraction of sp³-hybridized carbons (Fsp3) is 0.625. The molecule has 0 spiro atoms. The van der Waals surface area contributed by atoms with Gasteiger partial charge < -0.3 is 5.32 Å². The van der Waals surface area contributed by atoms with Crippen LogP contribution in [0.25, 0.3) is 0 Å². The molecule has 1 rings (SSSR count). The maximum atomic E-state index is 13.7. The Kier molecular flexibility index (Phi) is 6.81. The minimum absolute atomic E-state index is 0.196. The Labute approximate surface area is 121 Å². The Morgan fingerprint density at radius 1 is 1.26 bits per heavy atom. The van der Waals surface area contributed by atoms with E-state index in [1.165, 1.54) is 25.7 Å². The first kappa shape index (κ1) is 16.5. The van der Waals surface area contributed by atoms with E-state index in [4.69, 9.17) is 11.6 Å². The maximum absolute atomic E-state index is 13.7. The summed E-state index contributed by atoms with van der Waals surface area (Å²) in [7, 11) is 0. The molecule has 0 amide bonds. The van der Waals surface area contributed by atoms with Crippen LogP contribution in [0.15, 0.2) is 18.2 Å². The minimum atomic E-state index is -0.305. The number of rotatable bonds is 8. The summed E-state index contributed by atoms with van der Waals surface area (Å²) in [4.78, 5) is 0. The molecule has 1 aromatic carbocycles. The first-order valence-corrected chi connectivity index (χ1v) is 7.47. The monoisotopic (exact) mass is 285 g/mol. The molecule has 0 radical (unpaired) electrons. The molecule has 0 fully saturated rings. The number of halogens is 2. The average Bonchev–Trinajstić information content (AvgIpc) is 2.34. The van der Waals surface area contributed by atoms with Crippen molar-refractivity contribution in [2.24, 2.45) is 5.41 Å². The molecule has 0 unspecified atom stereocenters. The van der Waals surface area contributed by atoms with E-state index in [1.807, 2.05) is 0 Å². The highest BCUT2D eigenvalue weighted by atomic mass is 35.5. The van der Waals surface area contributed by atoms with E-state index in [0.29, 0.717) is 12.1 Å². The van der Waals surface area contributed by atoms with Gasteiger partial charge in [-0.05, 0) is 17.9 Å². The molecule has 19 heavy (non-hydrogen) atoms. The first-order chi connectivity index (χ1) is 8.96. The third-order valence-electron chi connectivity index (χ3n) is 3.41. The van der Waals surface area contributed by atoms with E-state index in [1.54, 1.807) is 18.2 Å². The SMILES string of the molecule is CCCCCC(C)(C)CNCc1cccc(Cl)c1F. The molecule has 0 aromatic heterocycles.